The van der Waals surface area contributed by atoms with Gasteiger partial charge >= 0.3 is 6.09 Å². The zero-order chi connectivity index (χ0) is 30.4. The Kier molecular flexibility index (Phi) is 10.8. The summed E-state index contributed by atoms with van der Waals surface area (Å²) < 4.78 is 5.51. The number of nitrogens with zero attached hydrogens (tertiary/aromatic N) is 1. The summed E-state index contributed by atoms with van der Waals surface area (Å²) >= 11 is 0. The lowest BCUT2D eigenvalue weighted by Crippen LogP contribution is -2.60. The highest BCUT2D eigenvalue weighted by molar-refractivity contribution is 5.93. The molecule has 0 aromatic heterocycles. The van der Waals surface area contributed by atoms with Gasteiger partial charge in [0, 0.05) is 18.0 Å². The average Bonchev–Trinajstić information content (AvgIpc) is 2.82. The van der Waals surface area contributed by atoms with E-state index in [0.29, 0.717) is 6.42 Å². The van der Waals surface area contributed by atoms with Gasteiger partial charge in [0.1, 0.15) is 23.4 Å². The maximum Gasteiger partial charge on any atom is 0.408 e. The van der Waals surface area contributed by atoms with E-state index in [9.17, 15) is 19.5 Å². The van der Waals surface area contributed by atoms with E-state index in [-0.39, 0.29) is 24.1 Å². The van der Waals surface area contributed by atoms with Gasteiger partial charge in [-0.05, 0) is 103 Å². The largest absolute Gasteiger partial charge is 0.508 e. The van der Waals surface area contributed by atoms with Gasteiger partial charge in [-0.2, -0.15) is 0 Å². The minimum Gasteiger partial charge on any atom is -0.508 e. The second kappa shape index (κ2) is 13.2. The molecule has 3 N–H and O–H groups in total. The van der Waals surface area contributed by atoms with Gasteiger partial charge in [0.2, 0.25) is 11.8 Å². The summed E-state index contributed by atoms with van der Waals surface area (Å²) in [7, 11) is 0. The number of nitrogens with one attached hydrogen (secondary N) is 2. The Labute approximate surface area is 239 Å². The lowest BCUT2D eigenvalue weighted by Gasteiger charge is -2.45. The molecule has 2 aromatic carbocycles. The van der Waals surface area contributed by atoms with E-state index in [1.165, 1.54) is 12.1 Å². The zero-order valence-electron chi connectivity index (χ0n) is 25.7. The molecule has 0 heterocycles. The van der Waals surface area contributed by atoms with Crippen LogP contribution in [-0.4, -0.2) is 51.1 Å². The number of aryl methyl sites for hydroxylation is 2. The first-order valence-electron chi connectivity index (χ1n) is 13.9. The van der Waals surface area contributed by atoms with Crippen LogP contribution >= 0.6 is 0 Å². The van der Waals surface area contributed by atoms with Crippen LogP contribution in [0.3, 0.4) is 0 Å². The van der Waals surface area contributed by atoms with Crippen molar-refractivity contribution < 1.29 is 24.2 Å². The number of amides is 3. The summed E-state index contributed by atoms with van der Waals surface area (Å²) in [6.45, 7) is 18.7. The Hall–Kier alpha value is -3.55. The topological polar surface area (TPSA) is 108 Å². The standard InChI is InChI=1S/C32H47N3O5/c1-11-32(9,10)35(27(28(37)33-20(2)3)26-21(4)13-12-14-22(26)5)29(38)25(34-30(39)40-31(6,7)8)19-23-15-17-24(36)18-16-23/h12-18,20,25,27,36H,11,19H2,1-10H3,(H,33,37)(H,34,39). The number of phenols is 1. The van der Waals surface area contributed by atoms with E-state index in [2.05, 4.69) is 10.6 Å². The van der Waals surface area contributed by atoms with E-state index < -0.39 is 35.2 Å². The van der Waals surface area contributed by atoms with Crippen molar-refractivity contribution in [2.45, 2.75) is 111 Å². The number of rotatable bonds is 10. The van der Waals surface area contributed by atoms with Crippen LogP contribution in [0.1, 0.15) is 90.1 Å². The zero-order valence-corrected chi connectivity index (χ0v) is 25.7. The molecule has 0 saturated carbocycles. The van der Waals surface area contributed by atoms with E-state index in [0.717, 1.165) is 22.3 Å². The summed E-state index contributed by atoms with van der Waals surface area (Å²) in [5.74, 6) is -0.596. The lowest BCUT2D eigenvalue weighted by atomic mass is 9.88. The van der Waals surface area contributed by atoms with Gasteiger partial charge in [-0.15, -0.1) is 0 Å². The Balaban J connectivity index is 2.73. The van der Waals surface area contributed by atoms with Gasteiger partial charge in [0.25, 0.3) is 0 Å². The SMILES string of the molecule is CCC(C)(C)N(C(=O)C(Cc1ccc(O)cc1)NC(=O)OC(C)(C)C)C(C(=O)NC(C)C)c1c(C)cccc1C. The predicted molar refractivity (Wildman–Crippen MR) is 158 cm³/mol. The molecule has 2 rings (SSSR count). The number of hydrogen-bond donors (Lipinski definition) is 3. The van der Waals surface area contributed by atoms with Crippen molar-refractivity contribution in [2.24, 2.45) is 0 Å². The van der Waals surface area contributed by atoms with Crippen LogP contribution in [0, 0.1) is 13.8 Å². The molecular formula is C32H47N3O5. The number of benzene rings is 2. The fraction of sp³-hybridized carbons (Fsp3) is 0.531. The molecule has 220 valence electrons. The van der Waals surface area contributed by atoms with Crippen LogP contribution in [0.4, 0.5) is 4.79 Å². The van der Waals surface area contributed by atoms with Gasteiger partial charge in [0.15, 0.2) is 0 Å². The molecule has 0 aliphatic heterocycles. The molecule has 0 aliphatic rings. The Morgan fingerprint density at radius 3 is 1.95 bits per heavy atom. The Morgan fingerprint density at radius 2 is 1.48 bits per heavy atom. The van der Waals surface area contributed by atoms with Gasteiger partial charge < -0.3 is 25.4 Å². The molecule has 0 saturated heterocycles. The second-order valence-electron chi connectivity index (χ2n) is 12.3. The summed E-state index contributed by atoms with van der Waals surface area (Å²) in [6, 6.07) is 10.2. The van der Waals surface area contributed by atoms with Gasteiger partial charge in [-0.25, -0.2) is 4.79 Å². The molecule has 2 atom stereocenters. The highest BCUT2D eigenvalue weighted by atomic mass is 16.6. The molecule has 2 unspecified atom stereocenters. The Morgan fingerprint density at radius 1 is 0.925 bits per heavy atom. The molecule has 0 spiro atoms. The van der Waals surface area contributed by atoms with E-state index in [4.69, 9.17) is 4.74 Å². The van der Waals surface area contributed by atoms with Gasteiger partial charge in [-0.3, -0.25) is 9.59 Å². The van der Waals surface area contributed by atoms with Crippen LogP contribution < -0.4 is 10.6 Å². The molecule has 8 nitrogen and oxygen atoms in total. The number of aromatic hydroxyl groups is 1. The first-order chi connectivity index (χ1) is 18.5. The minimum atomic E-state index is -1.04. The predicted octanol–water partition coefficient (Wildman–Crippen LogP) is 5.73. The fourth-order valence-electron chi connectivity index (χ4n) is 4.63. The average molecular weight is 554 g/mol. The van der Waals surface area contributed by atoms with Crippen molar-refractivity contribution in [1.82, 2.24) is 15.5 Å². The van der Waals surface area contributed by atoms with Crippen molar-refractivity contribution in [1.29, 1.82) is 0 Å². The third kappa shape index (κ3) is 8.73. The van der Waals surface area contributed by atoms with Gasteiger partial charge in [0.05, 0.1) is 0 Å². The lowest BCUT2D eigenvalue weighted by molar-refractivity contribution is -0.149. The number of alkyl carbamates (subject to hydrolysis) is 1. The smallest absolute Gasteiger partial charge is 0.408 e. The monoisotopic (exact) mass is 553 g/mol. The molecule has 0 fully saturated rings. The van der Waals surface area contributed by atoms with Crippen LogP contribution in [0.5, 0.6) is 5.75 Å². The highest BCUT2D eigenvalue weighted by Gasteiger charge is 2.44. The van der Waals surface area contributed by atoms with Crippen molar-refractivity contribution in [2.75, 3.05) is 0 Å². The highest BCUT2D eigenvalue weighted by Crippen LogP contribution is 2.35. The normalized spacial score (nSPS) is 13.4. The third-order valence-corrected chi connectivity index (χ3v) is 6.87. The van der Waals surface area contributed by atoms with E-state index >= 15 is 0 Å². The quantitative estimate of drug-likeness (QED) is 0.348. The maximum absolute atomic E-state index is 14.7. The van der Waals surface area contributed by atoms with Crippen molar-refractivity contribution in [3.8, 4) is 5.75 Å². The summed E-state index contributed by atoms with van der Waals surface area (Å²) in [4.78, 5) is 43.2. The number of carbonyl (C=O) groups is 3. The minimum absolute atomic E-state index is 0.0981. The van der Waals surface area contributed by atoms with E-state index in [1.807, 2.05) is 66.7 Å². The number of carbonyl (C=O) groups excluding carboxylic acids is 3. The fourth-order valence-corrected chi connectivity index (χ4v) is 4.63. The first kappa shape index (κ1) is 32.7. The van der Waals surface area contributed by atoms with Crippen molar-refractivity contribution in [3.63, 3.8) is 0 Å². The van der Waals surface area contributed by atoms with Crippen molar-refractivity contribution in [3.05, 3.63) is 64.7 Å². The molecule has 2 aromatic rings. The number of phenolic OH excluding ortho intramolecular Hbond substituents is 1. The summed E-state index contributed by atoms with van der Waals surface area (Å²) in [5, 5.41) is 15.6. The summed E-state index contributed by atoms with van der Waals surface area (Å²) in [5.41, 5.74) is 1.75. The van der Waals surface area contributed by atoms with Crippen molar-refractivity contribution >= 4 is 17.9 Å². The first-order valence-corrected chi connectivity index (χ1v) is 13.9. The van der Waals surface area contributed by atoms with Crippen LogP contribution in [-0.2, 0) is 20.7 Å². The molecule has 0 radical (unpaired) electrons. The maximum atomic E-state index is 14.7. The van der Waals surface area contributed by atoms with Crippen LogP contribution in [0.25, 0.3) is 0 Å². The van der Waals surface area contributed by atoms with Crippen LogP contribution in [0.15, 0.2) is 42.5 Å². The number of hydrogen-bond acceptors (Lipinski definition) is 5. The third-order valence-electron chi connectivity index (χ3n) is 6.87. The molecule has 0 bridgehead atoms. The second-order valence-corrected chi connectivity index (χ2v) is 12.3. The molecule has 40 heavy (non-hydrogen) atoms. The molecule has 0 aliphatic carbocycles. The van der Waals surface area contributed by atoms with Gasteiger partial charge in [-0.1, -0.05) is 37.3 Å². The molecule has 8 heteroatoms. The summed E-state index contributed by atoms with van der Waals surface area (Å²) in [6.07, 6.45) is -0.0258. The molecule has 3 amide bonds. The number of ether oxygens (including phenoxy) is 1. The Bertz CT molecular complexity index is 1160. The van der Waals surface area contributed by atoms with E-state index in [1.54, 1.807) is 37.8 Å². The molecular weight excluding hydrogens is 506 g/mol. The van der Waals surface area contributed by atoms with Crippen LogP contribution in [0.2, 0.25) is 0 Å².